The van der Waals surface area contributed by atoms with E-state index in [0.717, 1.165) is 22.3 Å². The van der Waals surface area contributed by atoms with Gasteiger partial charge in [0.15, 0.2) is 0 Å². The Morgan fingerprint density at radius 3 is 2.34 bits per heavy atom. The van der Waals surface area contributed by atoms with Crippen molar-refractivity contribution in [2.75, 3.05) is 7.11 Å². The van der Waals surface area contributed by atoms with Gasteiger partial charge in [-0.15, -0.1) is 0 Å². The highest BCUT2D eigenvalue weighted by molar-refractivity contribution is 5.95. The lowest BCUT2D eigenvalue weighted by Crippen LogP contribution is -2.43. The molecule has 3 atom stereocenters. The van der Waals surface area contributed by atoms with Gasteiger partial charge in [0, 0.05) is 18.2 Å². The van der Waals surface area contributed by atoms with E-state index in [2.05, 4.69) is 11.4 Å². The standard InChI is InChI=1S/C28H34N4O3/c1-3-25(24(28(34)35-2)16-18-6-4-9-23(14-18)26(30)31)32-27(33)21-12-10-20(11-13-21)22-8-5-7-19(15-22)17-29/h4-15,24-25,27,32-33H,3,16-17,29H2,1-2H3,(H3,30,31). The van der Waals surface area contributed by atoms with Crippen molar-refractivity contribution in [1.82, 2.24) is 5.32 Å². The first-order valence-corrected chi connectivity index (χ1v) is 11.7. The molecule has 3 rings (SSSR count). The van der Waals surface area contributed by atoms with Crippen LogP contribution in [0.4, 0.5) is 0 Å². The van der Waals surface area contributed by atoms with Crippen LogP contribution in [0.2, 0.25) is 0 Å². The normalized spacial score (nSPS) is 13.6. The highest BCUT2D eigenvalue weighted by Crippen LogP contribution is 2.24. The first kappa shape index (κ1) is 26.1. The fourth-order valence-corrected chi connectivity index (χ4v) is 4.21. The molecule has 0 aliphatic heterocycles. The summed E-state index contributed by atoms with van der Waals surface area (Å²) in [6.45, 7) is 2.44. The van der Waals surface area contributed by atoms with Crippen LogP contribution in [0, 0.1) is 11.3 Å². The number of carbonyl (C=O) groups is 1. The average Bonchev–Trinajstić information content (AvgIpc) is 2.90. The third-order valence-corrected chi connectivity index (χ3v) is 6.22. The van der Waals surface area contributed by atoms with Crippen molar-refractivity contribution in [2.24, 2.45) is 17.4 Å². The average molecular weight is 475 g/mol. The van der Waals surface area contributed by atoms with Gasteiger partial charge in [-0.05, 0) is 52.8 Å². The molecule has 0 spiro atoms. The molecule has 3 aromatic carbocycles. The molecule has 0 aliphatic rings. The third-order valence-electron chi connectivity index (χ3n) is 6.22. The molecule has 0 aromatic heterocycles. The van der Waals surface area contributed by atoms with Crippen LogP contribution in [-0.4, -0.2) is 30.1 Å². The lowest BCUT2D eigenvalue weighted by molar-refractivity contribution is -0.146. The predicted octanol–water partition coefficient (Wildman–Crippen LogP) is 3.49. The molecule has 3 aromatic rings. The SMILES string of the molecule is CCC(NC(O)c1ccc(-c2cccc(CN)c2)cc1)C(Cc1cccc(C(=N)N)c1)C(=O)OC. The van der Waals surface area contributed by atoms with E-state index in [1.807, 2.05) is 61.5 Å². The maximum atomic E-state index is 12.7. The summed E-state index contributed by atoms with van der Waals surface area (Å²) in [6.07, 6.45) is 0.0374. The van der Waals surface area contributed by atoms with Gasteiger partial charge >= 0.3 is 5.97 Å². The van der Waals surface area contributed by atoms with Gasteiger partial charge in [0.25, 0.3) is 0 Å². The molecule has 35 heavy (non-hydrogen) atoms. The largest absolute Gasteiger partial charge is 0.469 e. The van der Waals surface area contributed by atoms with E-state index < -0.39 is 12.1 Å². The summed E-state index contributed by atoms with van der Waals surface area (Å²) in [6, 6.07) is 22.7. The summed E-state index contributed by atoms with van der Waals surface area (Å²) in [4.78, 5) is 12.7. The van der Waals surface area contributed by atoms with Gasteiger partial charge in [0.2, 0.25) is 0 Å². The highest BCUT2D eigenvalue weighted by atomic mass is 16.5. The van der Waals surface area contributed by atoms with Gasteiger partial charge in [0.05, 0.1) is 13.0 Å². The van der Waals surface area contributed by atoms with Crippen molar-refractivity contribution >= 4 is 11.8 Å². The van der Waals surface area contributed by atoms with Gasteiger partial charge in [0.1, 0.15) is 12.1 Å². The summed E-state index contributed by atoms with van der Waals surface area (Å²) in [5.41, 5.74) is 16.7. The number of nitrogens with two attached hydrogens (primary N) is 2. The number of hydrogen-bond acceptors (Lipinski definition) is 6. The fraction of sp³-hybridized carbons (Fsp3) is 0.286. The Morgan fingerprint density at radius 2 is 1.71 bits per heavy atom. The van der Waals surface area contributed by atoms with Gasteiger partial charge in [-0.1, -0.05) is 67.6 Å². The zero-order valence-corrected chi connectivity index (χ0v) is 20.2. The van der Waals surface area contributed by atoms with Crippen LogP contribution in [-0.2, 0) is 22.5 Å². The Bertz CT molecular complexity index is 1150. The smallest absolute Gasteiger partial charge is 0.310 e. The number of nitrogens with one attached hydrogen (secondary N) is 2. The minimum Gasteiger partial charge on any atom is -0.469 e. The van der Waals surface area contributed by atoms with Gasteiger partial charge in [-0.25, -0.2) is 0 Å². The van der Waals surface area contributed by atoms with Gasteiger partial charge in [-0.2, -0.15) is 0 Å². The number of methoxy groups -OCH3 is 1. The lowest BCUT2D eigenvalue weighted by atomic mass is 9.89. The summed E-state index contributed by atoms with van der Waals surface area (Å²) >= 11 is 0. The molecule has 0 heterocycles. The molecule has 7 heteroatoms. The Balaban J connectivity index is 1.76. The van der Waals surface area contributed by atoms with Crippen molar-refractivity contribution in [1.29, 1.82) is 5.41 Å². The first-order chi connectivity index (χ1) is 16.9. The van der Waals surface area contributed by atoms with Crippen molar-refractivity contribution in [3.8, 4) is 11.1 Å². The van der Waals surface area contributed by atoms with Gasteiger partial charge in [-0.3, -0.25) is 15.5 Å². The van der Waals surface area contributed by atoms with E-state index in [4.69, 9.17) is 21.6 Å². The molecule has 0 aliphatic carbocycles. The summed E-state index contributed by atoms with van der Waals surface area (Å²) < 4.78 is 5.08. The summed E-state index contributed by atoms with van der Waals surface area (Å²) in [5, 5.41) is 21.8. The van der Waals surface area contributed by atoms with E-state index in [-0.39, 0.29) is 17.8 Å². The number of benzene rings is 3. The highest BCUT2D eigenvalue weighted by Gasteiger charge is 2.30. The van der Waals surface area contributed by atoms with E-state index in [0.29, 0.717) is 30.5 Å². The molecule has 3 unspecified atom stereocenters. The van der Waals surface area contributed by atoms with E-state index in [1.54, 1.807) is 12.1 Å². The van der Waals surface area contributed by atoms with Crippen molar-refractivity contribution < 1.29 is 14.6 Å². The quantitative estimate of drug-likeness (QED) is 0.125. The van der Waals surface area contributed by atoms with Crippen LogP contribution >= 0.6 is 0 Å². The molecule has 0 fully saturated rings. The maximum Gasteiger partial charge on any atom is 0.310 e. The van der Waals surface area contributed by atoms with E-state index >= 15 is 0 Å². The number of aliphatic hydroxyl groups excluding tert-OH is 1. The molecular weight excluding hydrogens is 440 g/mol. The number of nitrogen functional groups attached to an aromatic ring is 1. The molecule has 184 valence electrons. The number of rotatable bonds is 11. The Morgan fingerprint density at radius 1 is 1.03 bits per heavy atom. The topological polar surface area (TPSA) is 134 Å². The van der Waals surface area contributed by atoms with Crippen molar-refractivity contribution in [3.05, 3.63) is 95.1 Å². The number of esters is 1. The molecule has 0 saturated carbocycles. The van der Waals surface area contributed by atoms with Crippen LogP contribution in [0.3, 0.4) is 0 Å². The zero-order chi connectivity index (χ0) is 25.4. The van der Waals surface area contributed by atoms with Crippen molar-refractivity contribution in [2.45, 2.75) is 38.6 Å². The summed E-state index contributed by atoms with van der Waals surface area (Å²) in [5.74, 6) is -0.916. The van der Waals surface area contributed by atoms with Crippen molar-refractivity contribution in [3.63, 3.8) is 0 Å². The number of hydrogen-bond donors (Lipinski definition) is 5. The first-order valence-electron chi connectivity index (χ1n) is 11.7. The molecule has 7 N–H and O–H groups in total. The number of ether oxygens (including phenoxy) is 1. The second-order valence-electron chi connectivity index (χ2n) is 8.56. The Hall–Kier alpha value is -3.52. The van der Waals surface area contributed by atoms with Gasteiger partial charge < -0.3 is 21.3 Å². The zero-order valence-electron chi connectivity index (χ0n) is 20.2. The minimum atomic E-state index is -0.958. The molecule has 0 saturated heterocycles. The Kier molecular flexibility index (Phi) is 9.14. The second kappa shape index (κ2) is 12.3. The predicted molar refractivity (Wildman–Crippen MR) is 139 cm³/mol. The molecule has 0 amide bonds. The van der Waals surface area contributed by atoms with Crippen LogP contribution in [0.25, 0.3) is 11.1 Å². The van der Waals surface area contributed by atoms with Crippen LogP contribution in [0.1, 0.15) is 41.8 Å². The van der Waals surface area contributed by atoms with E-state index in [9.17, 15) is 9.90 Å². The number of carbonyl (C=O) groups excluding carboxylic acids is 1. The maximum absolute atomic E-state index is 12.7. The number of amidine groups is 1. The molecular formula is C28H34N4O3. The second-order valence-corrected chi connectivity index (χ2v) is 8.56. The lowest BCUT2D eigenvalue weighted by Gasteiger charge is -2.28. The Labute approximate surface area is 206 Å². The van der Waals surface area contributed by atoms with Crippen LogP contribution in [0.15, 0.2) is 72.8 Å². The van der Waals surface area contributed by atoms with E-state index in [1.165, 1.54) is 7.11 Å². The monoisotopic (exact) mass is 474 g/mol. The minimum absolute atomic E-state index is 0.0275. The fourth-order valence-electron chi connectivity index (χ4n) is 4.21. The van der Waals surface area contributed by atoms with Crippen LogP contribution in [0.5, 0.6) is 0 Å². The summed E-state index contributed by atoms with van der Waals surface area (Å²) in [7, 11) is 1.36. The molecule has 7 nitrogen and oxygen atoms in total. The molecule has 0 bridgehead atoms. The third kappa shape index (κ3) is 6.76. The molecule has 0 radical (unpaired) electrons. The number of aliphatic hydroxyl groups is 1. The van der Waals surface area contributed by atoms with Crippen LogP contribution < -0.4 is 16.8 Å².